The number of likely N-dealkylation sites (tertiary alicyclic amines) is 1. The molecule has 1 aliphatic heterocycles. The fourth-order valence-electron chi connectivity index (χ4n) is 5.77. The fourth-order valence-corrected chi connectivity index (χ4v) is 8.42. The third-order valence-electron chi connectivity index (χ3n) is 8.08. The topological polar surface area (TPSA) is 132 Å². The molecule has 3 aromatic rings. The number of sulfonamides is 1. The van der Waals surface area contributed by atoms with Crippen LogP contribution < -0.4 is 10.6 Å². The van der Waals surface area contributed by atoms with Gasteiger partial charge in [0.15, 0.2) is 0 Å². The molecule has 4 rings (SSSR count). The smallest absolute Gasteiger partial charge is 0.245 e. The second kappa shape index (κ2) is 16.1. The van der Waals surface area contributed by atoms with Crippen molar-refractivity contribution in [2.45, 2.75) is 82.4 Å². The van der Waals surface area contributed by atoms with E-state index in [0.29, 0.717) is 19.4 Å². The first kappa shape index (κ1) is 35.0. The number of nitrogens with one attached hydrogen (secondary N) is 2. The van der Waals surface area contributed by atoms with Crippen molar-refractivity contribution >= 4 is 43.4 Å². The average Bonchev–Trinajstić information content (AvgIpc) is 3.68. The lowest BCUT2D eigenvalue weighted by atomic mass is 9.98. The third-order valence-corrected chi connectivity index (χ3v) is 10.8. The number of fused-ring (bicyclic) bond motifs is 1. The first-order chi connectivity index (χ1) is 21.5. The van der Waals surface area contributed by atoms with Crippen LogP contribution in [0.4, 0.5) is 0 Å². The molecule has 12 heteroatoms. The highest BCUT2D eigenvalue weighted by Gasteiger charge is 2.43. The Labute approximate surface area is 271 Å². The van der Waals surface area contributed by atoms with Gasteiger partial charge in [-0.1, -0.05) is 44.2 Å². The Morgan fingerprint density at radius 2 is 1.82 bits per heavy atom. The van der Waals surface area contributed by atoms with Gasteiger partial charge in [-0.3, -0.25) is 14.5 Å². The van der Waals surface area contributed by atoms with Gasteiger partial charge in [-0.25, -0.2) is 13.4 Å². The van der Waals surface area contributed by atoms with Crippen molar-refractivity contribution < 1.29 is 23.1 Å². The summed E-state index contributed by atoms with van der Waals surface area (Å²) in [5.41, 5.74) is 1.38. The Morgan fingerprint density at radius 3 is 2.53 bits per heavy atom. The molecule has 2 aromatic carbocycles. The highest BCUT2D eigenvalue weighted by Crippen LogP contribution is 2.32. The summed E-state index contributed by atoms with van der Waals surface area (Å²) in [7, 11) is -4.12. The quantitative estimate of drug-likeness (QED) is 0.186. The van der Waals surface area contributed by atoms with Gasteiger partial charge in [-0.05, 0) is 75.4 Å². The van der Waals surface area contributed by atoms with Crippen molar-refractivity contribution in [3.05, 3.63) is 59.6 Å². The minimum Gasteiger partial charge on any atom is -0.374 e. The lowest BCUT2D eigenvalue weighted by molar-refractivity contribution is -0.122. The predicted octanol–water partition coefficient (Wildman–Crippen LogP) is 4.15. The molecule has 1 aromatic heterocycles. The average molecular weight is 658 g/mol. The first-order valence-electron chi connectivity index (χ1n) is 15.9. The fraction of sp³-hybridized carbons (Fsp3) is 0.545. The SMILES string of the molecule is CC(C)CN(C(O)(CCNC(=O)CCCC(C)NC(=O)CN1CCCC1)Cc1ccccc1)S(=O)(=O)c1ccc2ncsc2c1. The molecular weight excluding hydrogens is 611 g/mol. The normalized spacial score (nSPS) is 16.2. The molecule has 2 amide bonds. The van der Waals surface area contributed by atoms with Crippen molar-refractivity contribution in [2.24, 2.45) is 5.92 Å². The summed E-state index contributed by atoms with van der Waals surface area (Å²) in [6, 6.07) is 14.1. The van der Waals surface area contributed by atoms with Gasteiger partial charge in [0.1, 0.15) is 5.72 Å². The lowest BCUT2D eigenvalue weighted by Gasteiger charge is -2.40. The zero-order valence-corrected chi connectivity index (χ0v) is 28.2. The molecular formula is C33H47N5O5S2. The van der Waals surface area contributed by atoms with E-state index in [1.807, 2.05) is 51.1 Å². The number of carbonyl (C=O) groups excluding carboxylic acids is 2. The summed E-state index contributed by atoms with van der Waals surface area (Å²) in [5, 5.41) is 18.1. The van der Waals surface area contributed by atoms with Crippen molar-refractivity contribution in [1.29, 1.82) is 0 Å². The van der Waals surface area contributed by atoms with E-state index >= 15 is 0 Å². The number of hydrogen-bond donors (Lipinski definition) is 3. The number of aromatic nitrogens is 1. The Bertz CT molecular complexity index is 1510. The molecule has 2 heterocycles. The monoisotopic (exact) mass is 657 g/mol. The van der Waals surface area contributed by atoms with Gasteiger partial charge < -0.3 is 15.7 Å². The van der Waals surface area contributed by atoms with Crippen LogP contribution in [0.15, 0.2) is 58.9 Å². The second-order valence-electron chi connectivity index (χ2n) is 12.5. The number of amides is 2. The maximum Gasteiger partial charge on any atom is 0.245 e. The van der Waals surface area contributed by atoms with E-state index in [4.69, 9.17) is 0 Å². The number of thiazole rings is 1. The summed E-state index contributed by atoms with van der Waals surface area (Å²) in [4.78, 5) is 31.6. The molecule has 10 nitrogen and oxygen atoms in total. The van der Waals surface area contributed by atoms with Gasteiger partial charge >= 0.3 is 0 Å². The number of rotatable bonds is 17. The van der Waals surface area contributed by atoms with E-state index in [1.165, 1.54) is 21.7 Å². The van der Waals surface area contributed by atoms with Crippen LogP contribution in [0.5, 0.6) is 0 Å². The van der Waals surface area contributed by atoms with Crippen molar-refractivity contribution in [3.8, 4) is 0 Å². The van der Waals surface area contributed by atoms with Crippen molar-refractivity contribution in [3.63, 3.8) is 0 Å². The van der Waals surface area contributed by atoms with Crippen LogP contribution in [-0.4, -0.2) is 84.0 Å². The minimum atomic E-state index is -4.12. The molecule has 45 heavy (non-hydrogen) atoms. The molecule has 1 fully saturated rings. The molecule has 0 aliphatic carbocycles. The Morgan fingerprint density at radius 1 is 1.09 bits per heavy atom. The molecule has 3 N–H and O–H groups in total. The van der Waals surface area contributed by atoms with Gasteiger partial charge in [0.05, 0.1) is 27.2 Å². The van der Waals surface area contributed by atoms with Crippen LogP contribution in [0.3, 0.4) is 0 Å². The maximum absolute atomic E-state index is 14.2. The lowest BCUT2D eigenvalue weighted by Crippen LogP contribution is -2.55. The van der Waals surface area contributed by atoms with Gasteiger partial charge in [-0.2, -0.15) is 4.31 Å². The molecule has 246 valence electrons. The highest BCUT2D eigenvalue weighted by molar-refractivity contribution is 7.89. The van der Waals surface area contributed by atoms with Gasteiger partial charge in [0.2, 0.25) is 21.8 Å². The van der Waals surface area contributed by atoms with Crippen LogP contribution >= 0.6 is 11.3 Å². The van der Waals surface area contributed by atoms with Gasteiger partial charge in [0, 0.05) is 38.4 Å². The number of hydrogen-bond acceptors (Lipinski definition) is 8. The van der Waals surface area contributed by atoms with Crippen molar-refractivity contribution in [2.75, 3.05) is 32.7 Å². The number of aliphatic hydroxyl groups is 1. The predicted molar refractivity (Wildman–Crippen MR) is 178 cm³/mol. The van der Waals surface area contributed by atoms with Crippen LogP contribution in [0, 0.1) is 5.92 Å². The summed E-state index contributed by atoms with van der Waals surface area (Å²) in [5.74, 6) is -0.234. The van der Waals surface area contributed by atoms with Crippen LogP contribution in [-0.2, 0) is 26.0 Å². The number of nitrogens with zero attached hydrogens (tertiary/aromatic N) is 3. The van der Waals surface area contributed by atoms with E-state index in [-0.39, 0.29) is 61.0 Å². The van der Waals surface area contributed by atoms with E-state index in [9.17, 15) is 23.1 Å². The molecule has 0 saturated carbocycles. The summed E-state index contributed by atoms with van der Waals surface area (Å²) < 4.78 is 30.3. The number of carbonyl (C=O) groups is 2. The molecule has 0 spiro atoms. The van der Waals surface area contributed by atoms with E-state index < -0.39 is 15.7 Å². The Hall–Kier alpha value is -2.90. The molecule has 1 aliphatic rings. The van der Waals surface area contributed by atoms with E-state index in [2.05, 4.69) is 20.5 Å². The first-order valence-corrected chi connectivity index (χ1v) is 18.2. The Balaban J connectivity index is 1.40. The largest absolute Gasteiger partial charge is 0.374 e. The summed E-state index contributed by atoms with van der Waals surface area (Å²) in [6.07, 6.45) is 3.87. The highest BCUT2D eigenvalue weighted by atomic mass is 32.2. The maximum atomic E-state index is 14.2. The standard InChI is InChI=1S/C33H47N5O5S2/c1-25(2)22-38(45(42,43)28-14-15-29-30(20-28)44-24-35-29)33(41,21-27-11-5-4-6-12-27)16-17-34-31(39)13-9-10-26(3)36-32(40)23-37-18-7-8-19-37/h4-6,11-12,14-15,20,24-26,41H,7-10,13,16-19,21-23H2,1-3H3,(H,34,39)(H,36,40). The van der Waals surface area contributed by atoms with E-state index in [1.54, 1.807) is 17.6 Å². The molecule has 1 saturated heterocycles. The summed E-state index contributed by atoms with van der Waals surface area (Å²) >= 11 is 1.36. The zero-order valence-electron chi connectivity index (χ0n) is 26.6. The summed E-state index contributed by atoms with van der Waals surface area (Å²) in [6.45, 7) is 8.31. The van der Waals surface area contributed by atoms with Crippen LogP contribution in [0.25, 0.3) is 10.2 Å². The van der Waals surface area contributed by atoms with Gasteiger partial charge in [-0.15, -0.1) is 11.3 Å². The molecule has 0 bridgehead atoms. The molecule has 2 unspecified atom stereocenters. The zero-order chi connectivity index (χ0) is 32.5. The third kappa shape index (κ3) is 10.0. The molecule has 2 atom stereocenters. The number of benzene rings is 2. The molecule has 0 radical (unpaired) electrons. The Kier molecular flexibility index (Phi) is 12.5. The van der Waals surface area contributed by atoms with E-state index in [0.717, 1.165) is 41.7 Å². The minimum absolute atomic E-state index is 0.00530. The van der Waals surface area contributed by atoms with Gasteiger partial charge in [0.25, 0.3) is 0 Å². The van der Waals surface area contributed by atoms with Crippen LogP contribution in [0.1, 0.15) is 64.9 Å². The second-order valence-corrected chi connectivity index (χ2v) is 15.2. The van der Waals surface area contributed by atoms with Crippen molar-refractivity contribution in [1.82, 2.24) is 24.8 Å². The van der Waals surface area contributed by atoms with Crippen LogP contribution in [0.2, 0.25) is 0 Å².